The van der Waals surface area contributed by atoms with E-state index in [9.17, 15) is 10.1 Å². The van der Waals surface area contributed by atoms with Crippen molar-refractivity contribution < 1.29 is 19.0 Å². The molecule has 1 heterocycles. The molecule has 3 aromatic carbocycles. The van der Waals surface area contributed by atoms with Gasteiger partial charge < -0.3 is 19.5 Å². The lowest BCUT2D eigenvalue weighted by molar-refractivity contribution is -0.112. The number of fused-ring (bicyclic) bond motifs is 1. The zero-order chi connectivity index (χ0) is 22.5. The van der Waals surface area contributed by atoms with Gasteiger partial charge in [0.25, 0.3) is 5.91 Å². The molecule has 0 fully saturated rings. The van der Waals surface area contributed by atoms with Gasteiger partial charge in [-0.3, -0.25) is 4.79 Å². The first kappa shape index (κ1) is 22.4. The summed E-state index contributed by atoms with van der Waals surface area (Å²) in [6.07, 6.45) is 1.57. The summed E-state index contributed by atoms with van der Waals surface area (Å²) < 4.78 is 18.6. The number of hydrogen-bond donors (Lipinski definition) is 1. The van der Waals surface area contributed by atoms with Crippen LogP contribution in [0.25, 0.3) is 6.08 Å². The van der Waals surface area contributed by atoms with Gasteiger partial charge in [0.15, 0.2) is 11.5 Å². The third-order valence-corrected chi connectivity index (χ3v) is 6.15. The predicted octanol–water partition coefficient (Wildman–Crippen LogP) is 5.75. The van der Waals surface area contributed by atoms with Crippen LogP contribution in [-0.4, -0.2) is 12.7 Å². The number of benzene rings is 3. The molecule has 4 rings (SSSR count). The van der Waals surface area contributed by atoms with Gasteiger partial charge in [-0.2, -0.15) is 5.26 Å². The second-order valence-corrected chi connectivity index (χ2v) is 9.10. The fourth-order valence-corrected chi connectivity index (χ4v) is 5.15. The van der Waals surface area contributed by atoms with E-state index < -0.39 is 5.91 Å². The van der Waals surface area contributed by atoms with E-state index in [2.05, 4.69) is 50.5 Å². The highest BCUT2D eigenvalue weighted by atomic mass is 127. The predicted molar refractivity (Wildman–Crippen MR) is 137 cm³/mol. The Morgan fingerprint density at radius 2 is 1.78 bits per heavy atom. The van der Waals surface area contributed by atoms with Gasteiger partial charge in [-0.1, -0.05) is 24.3 Å². The van der Waals surface area contributed by atoms with Crippen LogP contribution in [0.5, 0.6) is 17.2 Å². The molecule has 1 aliphatic heterocycles. The van der Waals surface area contributed by atoms with Crippen LogP contribution in [0, 0.1) is 18.5 Å². The van der Waals surface area contributed by atoms with Crippen molar-refractivity contribution in [2.75, 3.05) is 12.1 Å². The molecule has 1 N–H and O–H groups in total. The van der Waals surface area contributed by atoms with Crippen molar-refractivity contribution in [1.29, 1.82) is 5.26 Å². The van der Waals surface area contributed by atoms with Gasteiger partial charge in [-0.25, -0.2) is 0 Å². The van der Waals surface area contributed by atoms with E-state index in [1.807, 2.05) is 54.6 Å². The molecule has 8 heteroatoms. The largest absolute Gasteiger partial charge is 0.487 e. The average molecular weight is 650 g/mol. The molecule has 32 heavy (non-hydrogen) atoms. The number of amides is 1. The average Bonchev–Trinajstić information content (AvgIpc) is 3.25. The maximum atomic E-state index is 12.5. The minimum Gasteiger partial charge on any atom is -0.487 e. The molecule has 0 radical (unpaired) electrons. The Balaban J connectivity index is 1.48. The van der Waals surface area contributed by atoms with Gasteiger partial charge in [-0.15, -0.1) is 0 Å². The van der Waals surface area contributed by atoms with E-state index in [0.717, 1.165) is 29.8 Å². The molecular formula is C24H16I2N2O4. The number of hydrogen-bond acceptors (Lipinski definition) is 5. The highest BCUT2D eigenvalue weighted by Gasteiger charge is 2.15. The zero-order valence-corrected chi connectivity index (χ0v) is 20.9. The van der Waals surface area contributed by atoms with Crippen molar-refractivity contribution in [2.24, 2.45) is 0 Å². The van der Waals surface area contributed by atoms with Crippen LogP contribution in [0.3, 0.4) is 0 Å². The van der Waals surface area contributed by atoms with Crippen LogP contribution in [0.15, 0.2) is 66.2 Å². The second kappa shape index (κ2) is 10.2. The van der Waals surface area contributed by atoms with Gasteiger partial charge in [0.1, 0.15) is 24.0 Å². The Morgan fingerprint density at radius 1 is 1.06 bits per heavy atom. The number of nitrogens with zero attached hydrogens (tertiary/aromatic N) is 1. The number of rotatable bonds is 6. The standard InChI is InChI=1S/C24H16I2N2O4/c25-19-9-16(8-17(12-27)24(29)28-18-4-2-1-3-5-18)10-20(26)23(19)30-13-15-6-7-21-22(11-15)32-14-31-21/h1-11H,13-14H2,(H,28,29)/b17-8-. The number of anilines is 1. The number of nitriles is 1. The van der Waals surface area contributed by atoms with Crippen LogP contribution >= 0.6 is 45.2 Å². The molecule has 160 valence electrons. The summed E-state index contributed by atoms with van der Waals surface area (Å²) in [6.45, 7) is 0.610. The summed E-state index contributed by atoms with van der Waals surface area (Å²) in [5.41, 5.74) is 2.37. The fraction of sp³-hybridized carbons (Fsp3) is 0.0833. The van der Waals surface area contributed by atoms with E-state index in [0.29, 0.717) is 18.0 Å². The van der Waals surface area contributed by atoms with Crippen LogP contribution in [0.2, 0.25) is 0 Å². The number of carbonyl (C=O) groups is 1. The van der Waals surface area contributed by atoms with Crippen molar-refractivity contribution in [3.05, 3.63) is 84.5 Å². The maximum absolute atomic E-state index is 12.5. The molecule has 3 aromatic rings. The first-order valence-electron chi connectivity index (χ1n) is 9.52. The SMILES string of the molecule is N#C/C(=C/c1cc(I)c(OCc2ccc3c(c2)OCO3)c(I)c1)C(=O)Nc1ccccc1. The molecule has 0 bridgehead atoms. The number of carbonyl (C=O) groups excluding carboxylic acids is 1. The normalized spacial score (nSPS) is 12.2. The lowest BCUT2D eigenvalue weighted by Crippen LogP contribution is -2.13. The molecule has 1 amide bonds. The van der Waals surface area contributed by atoms with E-state index in [1.165, 1.54) is 0 Å². The summed E-state index contributed by atoms with van der Waals surface area (Å²) >= 11 is 4.38. The first-order chi connectivity index (χ1) is 15.5. The highest BCUT2D eigenvalue weighted by molar-refractivity contribution is 14.1. The van der Waals surface area contributed by atoms with Crippen molar-refractivity contribution in [2.45, 2.75) is 6.61 Å². The van der Waals surface area contributed by atoms with Crippen molar-refractivity contribution in [1.82, 2.24) is 0 Å². The molecular weight excluding hydrogens is 634 g/mol. The third kappa shape index (κ3) is 5.34. The molecule has 0 aromatic heterocycles. The molecule has 0 unspecified atom stereocenters. The van der Waals surface area contributed by atoms with Crippen molar-refractivity contribution >= 4 is 62.9 Å². The lowest BCUT2D eigenvalue weighted by Gasteiger charge is -2.12. The summed E-state index contributed by atoms with van der Waals surface area (Å²) in [5, 5.41) is 12.2. The zero-order valence-electron chi connectivity index (χ0n) is 16.6. The summed E-state index contributed by atoms with van der Waals surface area (Å²) in [5.74, 6) is 1.74. The van der Waals surface area contributed by atoms with E-state index in [1.54, 1.807) is 18.2 Å². The molecule has 0 aliphatic carbocycles. The number of ether oxygens (including phenoxy) is 3. The number of halogens is 2. The maximum Gasteiger partial charge on any atom is 0.266 e. The van der Waals surface area contributed by atoms with Crippen LogP contribution in [0.4, 0.5) is 5.69 Å². The Morgan fingerprint density at radius 3 is 2.50 bits per heavy atom. The number of nitrogens with one attached hydrogen (secondary N) is 1. The Bertz CT molecular complexity index is 1210. The quantitative estimate of drug-likeness (QED) is 0.209. The Labute approximate surface area is 212 Å². The summed E-state index contributed by atoms with van der Waals surface area (Å²) in [6, 6.07) is 20.5. The molecule has 6 nitrogen and oxygen atoms in total. The Hall–Kier alpha value is -2.78. The molecule has 0 spiro atoms. The summed E-state index contributed by atoms with van der Waals surface area (Å²) in [7, 11) is 0. The molecule has 1 aliphatic rings. The minimum atomic E-state index is -0.452. The minimum absolute atomic E-state index is 0.0227. The van der Waals surface area contributed by atoms with Gasteiger partial charge >= 0.3 is 0 Å². The number of para-hydroxylation sites is 1. The van der Waals surface area contributed by atoms with Crippen molar-refractivity contribution in [3.8, 4) is 23.3 Å². The van der Waals surface area contributed by atoms with E-state index >= 15 is 0 Å². The highest BCUT2D eigenvalue weighted by Crippen LogP contribution is 2.34. The van der Waals surface area contributed by atoms with Gasteiger partial charge in [-0.05, 0) is 98.8 Å². The third-order valence-electron chi connectivity index (χ3n) is 4.55. The second-order valence-electron chi connectivity index (χ2n) is 6.78. The van der Waals surface area contributed by atoms with Crippen molar-refractivity contribution in [3.63, 3.8) is 0 Å². The molecule has 0 saturated heterocycles. The van der Waals surface area contributed by atoms with Crippen LogP contribution in [-0.2, 0) is 11.4 Å². The monoisotopic (exact) mass is 650 g/mol. The topological polar surface area (TPSA) is 80.6 Å². The van der Waals surface area contributed by atoms with E-state index in [4.69, 9.17) is 14.2 Å². The molecule has 0 saturated carbocycles. The van der Waals surface area contributed by atoms with E-state index in [-0.39, 0.29) is 12.4 Å². The smallest absolute Gasteiger partial charge is 0.266 e. The Kier molecular flexibility index (Phi) is 7.16. The van der Waals surface area contributed by atoms with Gasteiger partial charge in [0, 0.05) is 5.69 Å². The van der Waals surface area contributed by atoms with Crippen LogP contribution < -0.4 is 19.5 Å². The van der Waals surface area contributed by atoms with Crippen LogP contribution in [0.1, 0.15) is 11.1 Å². The lowest BCUT2D eigenvalue weighted by atomic mass is 10.1. The van der Waals surface area contributed by atoms with Gasteiger partial charge in [0.2, 0.25) is 6.79 Å². The molecule has 0 atom stereocenters. The summed E-state index contributed by atoms with van der Waals surface area (Å²) in [4.78, 5) is 12.5. The fourth-order valence-electron chi connectivity index (χ4n) is 3.02. The van der Waals surface area contributed by atoms with Gasteiger partial charge in [0.05, 0.1) is 7.14 Å². The first-order valence-corrected chi connectivity index (χ1v) is 11.7.